The van der Waals surface area contributed by atoms with E-state index in [4.69, 9.17) is 0 Å². The predicted molar refractivity (Wildman–Crippen MR) is 55.4 cm³/mol. The Morgan fingerprint density at radius 2 is 2.25 bits per heavy atom. The van der Waals surface area contributed by atoms with E-state index in [0.717, 1.165) is 6.07 Å². The summed E-state index contributed by atoms with van der Waals surface area (Å²) in [6, 6.07) is 4.16. The summed E-state index contributed by atoms with van der Waals surface area (Å²) < 4.78 is 14.1. The number of hydrogen-bond acceptors (Lipinski definition) is 3. The normalized spacial score (nSPS) is 10.1. The van der Waals surface area contributed by atoms with E-state index < -0.39 is 5.95 Å². The Labute approximate surface area is 90.9 Å². The van der Waals surface area contributed by atoms with Crippen molar-refractivity contribution in [1.29, 1.82) is 0 Å². The second-order valence-electron chi connectivity index (χ2n) is 3.20. The Balaban J connectivity index is 2.11. The van der Waals surface area contributed by atoms with Crippen LogP contribution in [0.5, 0.6) is 0 Å². The van der Waals surface area contributed by atoms with Crippen LogP contribution in [0.2, 0.25) is 0 Å². The van der Waals surface area contributed by atoms with Gasteiger partial charge in [-0.1, -0.05) is 0 Å². The molecule has 0 aliphatic carbocycles. The number of amides is 1. The lowest BCUT2D eigenvalue weighted by atomic mass is 10.3. The lowest BCUT2D eigenvalue weighted by Crippen LogP contribution is -2.12. The quantitative estimate of drug-likeness (QED) is 0.774. The number of pyridine rings is 1. The standard InChI is InChI=1S/C10H9FN4O/c1-15-5-4-9(14-15)13-10(16)7-2-3-8(11)12-6-7/h2-6H,1H3,(H,13,14,16). The van der Waals surface area contributed by atoms with Crippen molar-refractivity contribution in [2.24, 2.45) is 7.05 Å². The first-order chi connectivity index (χ1) is 7.65. The molecule has 0 aliphatic heterocycles. The van der Waals surface area contributed by atoms with Gasteiger partial charge in [0.2, 0.25) is 5.95 Å². The molecule has 2 heterocycles. The molecule has 1 N–H and O–H groups in total. The fourth-order valence-electron chi connectivity index (χ4n) is 1.18. The zero-order valence-electron chi connectivity index (χ0n) is 8.51. The van der Waals surface area contributed by atoms with Crippen LogP contribution in [0.15, 0.2) is 30.6 Å². The van der Waals surface area contributed by atoms with Gasteiger partial charge in [-0.25, -0.2) is 4.98 Å². The third-order valence-electron chi connectivity index (χ3n) is 1.94. The van der Waals surface area contributed by atoms with Crippen molar-refractivity contribution in [2.75, 3.05) is 5.32 Å². The van der Waals surface area contributed by atoms with Gasteiger partial charge in [0.05, 0.1) is 5.56 Å². The van der Waals surface area contributed by atoms with Gasteiger partial charge in [0.15, 0.2) is 5.82 Å². The third-order valence-corrected chi connectivity index (χ3v) is 1.94. The molecule has 16 heavy (non-hydrogen) atoms. The molecule has 0 radical (unpaired) electrons. The molecule has 0 saturated heterocycles. The van der Waals surface area contributed by atoms with Gasteiger partial charge in [-0.05, 0) is 12.1 Å². The van der Waals surface area contributed by atoms with E-state index in [1.54, 1.807) is 24.0 Å². The number of hydrogen-bond donors (Lipinski definition) is 1. The molecule has 0 atom stereocenters. The summed E-state index contributed by atoms with van der Waals surface area (Å²) in [6.45, 7) is 0. The topological polar surface area (TPSA) is 59.8 Å². The molecule has 0 aliphatic rings. The monoisotopic (exact) mass is 220 g/mol. The summed E-state index contributed by atoms with van der Waals surface area (Å²) >= 11 is 0. The molecule has 0 fully saturated rings. The van der Waals surface area contributed by atoms with Crippen LogP contribution in [0.25, 0.3) is 0 Å². The van der Waals surface area contributed by atoms with E-state index in [2.05, 4.69) is 15.4 Å². The number of carbonyl (C=O) groups excluding carboxylic acids is 1. The molecule has 2 aromatic heterocycles. The van der Waals surface area contributed by atoms with Crippen LogP contribution in [0.1, 0.15) is 10.4 Å². The number of nitrogens with zero attached hydrogens (tertiary/aromatic N) is 3. The molecule has 2 aromatic rings. The first-order valence-electron chi connectivity index (χ1n) is 4.58. The number of aryl methyl sites for hydroxylation is 1. The van der Waals surface area contributed by atoms with Gasteiger partial charge in [-0.2, -0.15) is 9.49 Å². The second-order valence-corrected chi connectivity index (χ2v) is 3.20. The van der Waals surface area contributed by atoms with E-state index >= 15 is 0 Å². The Kier molecular flexibility index (Phi) is 2.63. The lowest BCUT2D eigenvalue weighted by Gasteiger charge is -2.00. The Morgan fingerprint density at radius 1 is 1.44 bits per heavy atom. The number of carbonyl (C=O) groups is 1. The molecule has 1 amide bonds. The van der Waals surface area contributed by atoms with Crippen molar-refractivity contribution in [3.05, 3.63) is 42.1 Å². The zero-order valence-corrected chi connectivity index (χ0v) is 8.51. The first kappa shape index (κ1) is 10.3. The van der Waals surface area contributed by atoms with Gasteiger partial charge in [-0.15, -0.1) is 0 Å². The fraction of sp³-hybridized carbons (Fsp3) is 0.100. The van der Waals surface area contributed by atoms with Crippen molar-refractivity contribution in [1.82, 2.24) is 14.8 Å². The van der Waals surface area contributed by atoms with Crippen molar-refractivity contribution in [3.63, 3.8) is 0 Å². The van der Waals surface area contributed by atoms with E-state index in [0.29, 0.717) is 5.82 Å². The van der Waals surface area contributed by atoms with Crippen LogP contribution >= 0.6 is 0 Å². The minimum atomic E-state index is -0.616. The minimum Gasteiger partial charge on any atom is -0.305 e. The molecular weight excluding hydrogens is 211 g/mol. The summed E-state index contributed by atoms with van der Waals surface area (Å²) in [5, 5.41) is 6.55. The number of halogens is 1. The summed E-state index contributed by atoms with van der Waals surface area (Å²) in [7, 11) is 1.75. The highest BCUT2D eigenvalue weighted by atomic mass is 19.1. The van der Waals surface area contributed by atoms with Crippen molar-refractivity contribution >= 4 is 11.7 Å². The number of aromatic nitrogens is 3. The maximum Gasteiger partial charge on any atom is 0.258 e. The van der Waals surface area contributed by atoms with Crippen molar-refractivity contribution in [2.45, 2.75) is 0 Å². The number of anilines is 1. The fourth-order valence-corrected chi connectivity index (χ4v) is 1.18. The smallest absolute Gasteiger partial charge is 0.258 e. The van der Waals surface area contributed by atoms with Crippen LogP contribution in [-0.4, -0.2) is 20.7 Å². The van der Waals surface area contributed by atoms with Gasteiger partial charge >= 0.3 is 0 Å². The van der Waals surface area contributed by atoms with E-state index in [-0.39, 0.29) is 11.5 Å². The Bertz CT molecular complexity index is 506. The first-order valence-corrected chi connectivity index (χ1v) is 4.58. The van der Waals surface area contributed by atoms with Crippen LogP contribution in [0.4, 0.5) is 10.2 Å². The average Bonchev–Trinajstić information content (AvgIpc) is 2.65. The molecule has 0 bridgehead atoms. The highest BCUT2D eigenvalue weighted by molar-refractivity contribution is 6.03. The maximum absolute atomic E-state index is 12.5. The second kappa shape index (κ2) is 4.09. The minimum absolute atomic E-state index is 0.284. The molecule has 0 aromatic carbocycles. The van der Waals surface area contributed by atoms with Gasteiger partial charge in [0.1, 0.15) is 0 Å². The molecule has 6 heteroatoms. The maximum atomic E-state index is 12.5. The molecule has 0 unspecified atom stereocenters. The Morgan fingerprint density at radius 3 is 2.81 bits per heavy atom. The molecule has 82 valence electrons. The van der Waals surface area contributed by atoms with E-state index in [9.17, 15) is 9.18 Å². The van der Waals surface area contributed by atoms with Crippen LogP contribution < -0.4 is 5.32 Å². The molecular formula is C10H9FN4O. The number of rotatable bonds is 2. The van der Waals surface area contributed by atoms with Gasteiger partial charge in [-0.3, -0.25) is 9.48 Å². The average molecular weight is 220 g/mol. The molecule has 0 spiro atoms. The summed E-state index contributed by atoms with van der Waals surface area (Å²) in [4.78, 5) is 15.0. The molecule has 5 nitrogen and oxygen atoms in total. The highest BCUT2D eigenvalue weighted by Gasteiger charge is 2.07. The summed E-state index contributed by atoms with van der Waals surface area (Å²) in [5.41, 5.74) is 0.284. The Hall–Kier alpha value is -2.24. The van der Waals surface area contributed by atoms with Crippen molar-refractivity contribution in [3.8, 4) is 0 Å². The summed E-state index contributed by atoms with van der Waals surface area (Å²) in [5.74, 6) is -0.544. The van der Waals surface area contributed by atoms with Gasteiger partial charge in [0, 0.05) is 25.5 Å². The highest BCUT2D eigenvalue weighted by Crippen LogP contribution is 2.05. The van der Waals surface area contributed by atoms with E-state index in [1.807, 2.05) is 0 Å². The van der Waals surface area contributed by atoms with Gasteiger partial charge in [0.25, 0.3) is 5.91 Å². The number of nitrogens with one attached hydrogen (secondary N) is 1. The summed E-state index contributed by atoms with van der Waals surface area (Å²) in [6.07, 6.45) is 2.88. The van der Waals surface area contributed by atoms with Crippen LogP contribution in [0, 0.1) is 5.95 Å². The zero-order chi connectivity index (χ0) is 11.5. The largest absolute Gasteiger partial charge is 0.305 e. The van der Waals surface area contributed by atoms with Crippen molar-refractivity contribution < 1.29 is 9.18 Å². The lowest BCUT2D eigenvalue weighted by molar-refractivity contribution is 0.102. The van der Waals surface area contributed by atoms with Gasteiger partial charge < -0.3 is 5.32 Å². The van der Waals surface area contributed by atoms with Crippen LogP contribution in [0.3, 0.4) is 0 Å². The SMILES string of the molecule is Cn1ccc(NC(=O)c2ccc(F)nc2)n1. The van der Waals surface area contributed by atoms with E-state index in [1.165, 1.54) is 12.3 Å². The molecule has 0 saturated carbocycles. The molecule has 2 rings (SSSR count). The predicted octanol–water partition coefficient (Wildman–Crippen LogP) is 1.21. The van der Waals surface area contributed by atoms with Crippen LogP contribution in [-0.2, 0) is 7.05 Å². The third kappa shape index (κ3) is 2.22.